The van der Waals surface area contributed by atoms with Crippen LogP contribution in [0.2, 0.25) is 0 Å². The lowest BCUT2D eigenvalue weighted by Crippen LogP contribution is -2.31. The zero-order valence-corrected chi connectivity index (χ0v) is 13.5. The Morgan fingerprint density at radius 2 is 2.33 bits per heavy atom. The summed E-state index contributed by atoms with van der Waals surface area (Å²) in [6, 6.07) is 5.33. The van der Waals surface area contributed by atoms with E-state index >= 15 is 0 Å². The monoisotopic (exact) mass is 349 g/mol. The summed E-state index contributed by atoms with van der Waals surface area (Å²) in [5, 5.41) is 4.10. The van der Waals surface area contributed by atoms with Gasteiger partial charge in [-0.3, -0.25) is 0 Å². The number of hydrogen-bond acceptors (Lipinski definition) is 3. The second-order valence-corrected chi connectivity index (χ2v) is 7.84. The van der Waals surface area contributed by atoms with Crippen LogP contribution in [0.1, 0.15) is 18.5 Å². The van der Waals surface area contributed by atoms with Gasteiger partial charge in [-0.15, -0.1) is 0 Å². The van der Waals surface area contributed by atoms with Crippen LogP contribution in [0.15, 0.2) is 22.7 Å². The number of halogens is 2. The Labute approximate surface area is 125 Å². The Balaban J connectivity index is 1.88. The summed E-state index contributed by atoms with van der Waals surface area (Å²) in [7, 11) is 0. The molecule has 1 aliphatic heterocycles. The largest absolute Gasteiger partial charge is 0.309 e. The molecule has 1 nitrogen and oxygen atoms in total. The zero-order valence-electron chi connectivity index (χ0n) is 10.3. The standard InChI is InChI=1S/C13H17BrFNS2/c1-9(12-3-2-10(14)6-13(12)15)16-7-11-8-17-4-5-18-11/h2-3,6,9,11,16H,4-5,7-8H2,1H3. The molecular weight excluding hydrogens is 333 g/mol. The zero-order chi connectivity index (χ0) is 13.0. The van der Waals surface area contributed by atoms with Gasteiger partial charge in [0.25, 0.3) is 0 Å². The van der Waals surface area contributed by atoms with E-state index in [0.29, 0.717) is 5.25 Å². The molecule has 0 amide bonds. The van der Waals surface area contributed by atoms with Crippen LogP contribution in [-0.2, 0) is 0 Å². The van der Waals surface area contributed by atoms with Crippen molar-refractivity contribution in [3.05, 3.63) is 34.1 Å². The van der Waals surface area contributed by atoms with E-state index in [0.717, 1.165) is 16.6 Å². The predicted octanol–water partition coefficient (Wildman–Crippen LogP) is 4.09. The normalized spacial score (nSPS) is 21.8. The van der Waals surface area contributed by atoms with Crippen molar-refractivity contribution in [1.82, 2.24) is 5.32 Å². The molecule has 1 aliphatic rings. The van der Waals surface area contributed by atoms with Gasteiger partial charge >= 0.3 is 0 Å². The molecule has 0 radical (unpaired) electrons. The first-order valence-electron chi connectivity index (χ1n) is 6.04. The molecule has 2 unspecified atom stereocenters. The summed E-state index contributed by atoms with van der Waals surface area (Å²) < 4.78 is 14.6. The van der Waals surface area contributed by atoms with E-state index in [-0.39, 0.29) is 11.9 Å². The molecule has 0 aromatic heterocycles. The van der Waals surface area contributed by atoms with E-state index in [2.05, 4.69) is 21.2 Å². The molecule has 1 aromatic carbocycles. The van der Waals surface area contributed by atoms with Gasteiger partial charge in [0.05, 0.1) is 0 Å². The number of hydrogen-bond donors (Lipinski definition) is 1. The maximum atomic E-state index is 13.8. The van der Waals surface area contributed by atoms with Crippen LogP contribution in [0.5, 0.6) is 0 Å². The van der Waals surface area contributed by atoms with E-state index in [1.807, 2.05) is 42.6 Å². The SMILES string of the molecule is CC(NCC1CSCCS1)c1ccc(Br)cc1F. The van der Waals surface area contributed by atoms with Crippen molar-refractivity contribution >= 4 is 39.5 Å². The summed E-state index contributed by atoms with van der Waals surface area (Å²) in [6.07, 6.45) is 0. The lowest BCUT2D eigenvalue weighted by Gasteiger charge is -2.23. The van der Waals surface area contributed by atoms with Crippen molar-refractivity contribution in [3.63, 3.8) is 0 Å². The molecular formula is C13H17BrFNS2. The van der Waals surface area contributed by atoms with Gasteiger partial charge in [0, 0.05) is 45.1 Å². The highest BCUT2D eigenvalue weighted by Gasteiger charge is 2.16. The molecule has 1 aromatic rings. The van der Waals surface area contributed by atoms with Gasteiger partial charge in [-0.25, -0.2) is 4.39 Å². The van der Waals surface area contributed by atoms with Crippen LogP contribution >= 0.6 is 39.5 Å². The molecule has 2 rings (SSSR count). The Morgan fingerprint density at radius 1 is 1.50 bits per heavy atom. The highest BCUT2D eigenvalue weighted by atomic mass is 79.9. The Morgan fingerprint density at radius 3 is 3.00 bits per heavy atom. The highest BCUT2D eigenvalue weighted by molar-refractivity contribution is 9.10. The van der Waals surface area contributed by atoms with Gasteiger partial charge in [0.2, 0.25) is 0 Å². The van der Waals surface area contributed by atoms with Crippen LogP contribution in [0.3, 0.4) is 0 Å². The molecule has 5 heteroatoms. The Kier molecular flexibility index (Phi) is 5.86. The number of benzene rings is 1. The quantitative estimate of drug-likeness (QED) is 0.879. The van der Waals surface area contributed by atoms with Gasteiger partial charge in [0.1, 0.15) is 5.82 Å². The minimum absolute atomic E-state index is 0.0608. The smallest absolute Gasteiger partial charge is 0.129 e. The summed E-state index contributed by atoms with van der Waals surface area (Å²) >= 11 is 7.32. The van der Waals surface area contributed by atoms with E-state index in [1.54, 1.807) is 0 Å². The first-order valence-corrected chi connectivity index (χ1v) is 9.04. The fraction of sp³-hybridized carbons (Fsp3) is 0.538. The molecule has 2 atom stereocenters. The van der Waals surface area contributed by atoms with Gasteiger partial charge in [0.15, 0.2) is 0 Å². The van der Waals surface area contributed by atoms with Crippen molar-refractivity contribution < 1.29 is 4.39 Å². The second-order valence-electron chi connectivity index (χ2n) is 4.36. The van der Waals surface area contributed by atoms with Crippen LogP contribution < -0.4 is 5.32 Å². The summed E-state index contributed by atoms with van der Waals surface area (Å²) in [4.78, 5) is 0. The summed E-state index contributed by atoms with van der Waals surface area (Å²) in [6.45, 7) is 2.97. The van der Waals surface area contributed by atoms with Crippen molar-refractivity contribution in [2.75, 3.05) is 23.8 Å². The minimum Gasteiger partial charge on any atom is -0.309 e. The molecule has 0 bridgehead atoms. The predicted molar refractivity (Wildman–Crippen MR) is 84.1 cm³/mol. The minimum atomic E-state index is -0.143. The van der Waals surface area contributed by atoms with Crippen LogP contribution in [-0.4, -0.2) is 29.1 Å². The average molecular weight is 350 g/mol. The molecule has 0 aliphatic carbocycles. The van der Waals surface area contributed by atoms with Crippen LogP contribution in [0.4, 0.5) is 4.39 Å². The molecule has 1 fully saturated rings. The Hall–Kier alpha value is 0.290. The van der Waals surface area contributed by atoms with Gasteiger partial charge < -0.3 is 5.32 Å². The van der Waals surface area contributed by atoms with E-state index in [1.165, 1.54) is 23.3 Å². The van der Waals surface area contributed by atoms with Crippen molar-refractivity contribution in [3.8, 4) is 0 Å². The fourth-order valence-corrected chi connectivity index (χ4v) is 4.88. The van der Waals surface area contributed by atoms with Gasteiger partial charge in [-0.1, -0.05) is 22.0 Å². The van der Waals surface area contributed by atoms with Gasteiger partial charge in [-0.05, 0) is 19.1 Å². The van der Waals surface area contributed by atoms with Crippen LogP contribution in [0, 0.1) is 5.82 Å². The number of nitrogens with one attached hydrogen (secondary N) is 1. The maximum absolute atomic E-state index is 13.8. The summed E-state index contributed by atoms with van der Waals surface area (Å²) in [5.41, 5.74) is 0.742. The van der Waals surface area contributed by atoms with Crippen LogP contribution in [0.25, 0.3) is 0 Å². The van der Waals surface area contributed by atoms with E-state index in [4.69, 9.17) is 0 Å². The molecule has 18 heavy (non-hydrogen) atoms. The molecule has 1 heterocycles. The average Bonchev–Trinajstić information content (AvgIpc) is 2.37. The third-order valence-electron chi connectivity index (χ3n) is 2.97. The second kappa shape index (κ2) is 7.17. The summed E-state index contributed by atoms with van der Waals surface area (Å²) in [5.74, 6) is 3.55. The molecule has 100 valence electrons. The van der Waals surface area contributed by atoms with Crippen molar-refractivity contribution in [2.45, 2.75) is 18.2 Å². The van der Waals surface area contributed by atoms with Gasteiger partial charge in [-0.2, -0.15) is 23.5 Å². The highest BCUT2D eigenvalue weighted by Crippen LogP contribution is 2.25. The lowest BCUT2D eigenvalue weighted by atomic mass is 10.1. The lowest BCUT2D eigenvalue weighted by molar-refractivity contribution is 0.530. The number of rotatable bonds is 4. The third kappa shape index (κ3) is 4.15. The topological polar surface area (TPSA) is 12.0 Å². The molecule has 0 saturated carbocycles. The molecule has 1 saturated heterocycles. The fourth-order valence-electron chi connectivity index (χ4n) is 1.93. The molecule has 0 spiro atoms. The first kappa shape index (κ1) is 14.7. The number of thioether (sulfide) groups is 2. The van der Waals surface area contributed by atoms with E-state index < -0.39 is 0 Å². The third-order valence-corrected chi connectivity index (χ3v) is 6.30. The van der Waals surface area contributed by atoms with Crippen molar-refractivity contribution in [1.29, 1.82) is 0 Å². The maximum Gasteiger partial charge on any atom is 0.129 e. The molecule has 1 N–H and O–H groups in total. The van der Waals surface area contributed by atoms with E-state index in [9.17, 15) is 4.39 Å². The Bertz CT molecular complexity index is 397. The van der Waals surface area contributed by atoms with Crippen molar-refractivity contribution in [2.24, 2.45) is 0 Å². The first-order chi connectivity index (χ1) is 8.66.